The average Bonchev–Trinajstić information content (AvgIpc) is 1.76. The quantitative estimate of drug-likeness (QED) is 0.300. The van der Waals surface area contributed by atoms with E-state index >= 15 is 0 Å². The Bertz CT molecular complexity index is 198. The summed E-state index contributed by atoms with van der Waals surface area (Å²) in [7, 11) is -8.00. The Kier molecular flexibility index (Phi) is 10.6. The summed E-state index contributed by atoms with van der Waals surface area (Å²) in [6, 6.07) is 0. The van der Waals surface area contributed by atoms with E-state index < -0.39 is 15.2 Å². The lowest BCUT2D eigenvalue weighted by atomic mass is 10.4. The smallest absolute Gasteiger partial charge is 0.325 e. The van der Waals surface area contributed by atoms with Gasteiger partial charge in [0.05, 0.1) is 0 Å². The van der Waals surface area contributed by atoms with E-state index in [0.717, 1.165) is 0 Å². The lowest BCUT2D eigenvalue weighted by Gasteiger charge is -2.04. The molecule has 10 heteroatoms. The lowest BCUT2D eigenvalue weighted by molar-refractivity contribution is 0.364. The fourth-order valence-electron chi connectivity index (χ4n) is 0.636. The van der Waals surface area contributed by atoms with E-state index in [2.05, 4.69) is 0 Å². The van der Waals surface area contributed by atoms with Crippen LogP contribution >= 0.6 is 15.2 Å². The Labute approximate surface area is 82.2 Å². The minimum Gasteiger partial charge on any atom is -0.344 e. The summed E-state index contributed by atoms with van der Waals surface area (Å²) in [6.45, 7) is 0. The van der Waals surface area contributed by atoms with Gasteiger partial charge in [-0.1, -0.05) is 0 Å². The van der Waals surface area contributed by atoms with Gasteiger partial charge in [0, 0.05) is 12.3 Å². The van der Waals surface area contributed by atoms with Crippen molar-refractivity contribution in [3.05, 3.63) is 0 Å². The molecule has 90 valence electrons. The number of hydrogen-bond acceptors (Lipinski definition) is 4. The summed E-state index contributed by atoms with van der Waals surface area (Å²) in [5.74, 6) is 0. The fraction of sp³-hybridized carbons (Fsp3) is 1.00. The van der Waals surface area contributed by atoms with E-state index in [0.29, 0.717) is 0 Å². The molecule has 0 aromatic carbocycles. The third-order valence-electron chi connectivity index (χ3n) is 1.15. The minimum absolute atomic E-state index is 0. The standard InChI is InChI=1S/C4H12O6P2.2H3N/c5-11(6,7)3-1-2-4-12(8,9)10;;/h1-4H2,(H2,5,6,7)(H2,8,9,10);2*1H3. The molecule has 0 bridgehead atoms. The zero-order valence-electron chi connectivity index (χ0n) is 7.74. The van der Waals surface area contributed by atoms with Crippen LogP contribution in [0.3, 0.4) is 0 Å². The van der Waals surface area contributed by atoms with Crippen molar-refractivity contribution in [1.29, 1.82) is 0 Å². The first-order chi connectivity index (χ1) is 5.21. The van der Waals surface area contributed by atoms with Crippen LogP contribution in [0, 0.1) is 0 Å². The summed E-state index contributed by atoms with van der Waals surface area (Å²) in [4.78, 5) is 33.5. The van der Waals surface area contributed by atoms with E-state index in [1.165, 1.54) is 0 Å². The molecule has 0 radical (unpaired) electrons. The van der Waals surface area contributed by atoms with Crippen molar-refractivity contribution in [3.8, 4) is 0 Å². The van der Waals surface area contributed by atoms with Crippen LogP contribution in [0.2, 0.25) is 0 Å². The first-order valence-electron chi connectivity index (χ1n) is 3.30. The molecule has 0 aliphatic heterocycles. The van der Waals surface area contributed by atoms with Crippen LogP contribution in [0.25, 0.3) is 0 Å². The van der Waals surface area contributed by atoms with Crippen LogP contribution in [-0.2, 0) is 9.13 Å². The summed E-state index contributed by atoms with van der Waals surface area (Å²) < 4.78 is 20.5. The van der Waals surface area contributed by atoms with Gasteiger partial charge >= 0.3 is 15.2 Å². The molecule has 0 rings (SSSR count). The Morgan fingerprint density at radius 3 is 1.07 bits per heavy atom. The van der Waals surface area contributed by atoms with Gasteiger partial charge in [-0.25, -0.2) is 0 Å². The highest BCUT2D eigenvalue weighted by molar-refractivity contribution is 7.52. The highest BCUT2D eigenvalue weighted by atomic mass is 31.2. The average molecular weight is 252 g/mol. The second-order valence-corrected chi connectivity index (χ2v) is 6.04. The summed E-state index contributed by atoms with van der Waals surface area (Å²) in [6.07, 6.45) is -0.356. The maximum atomic E-state index is 10.3. The molecule has 0 spiro atoms. The maximum Gasteiger partial charge on any atom is 0.325 e. The molecule has 0 aliphatic carbocycles. The summed E-state index contributed by atoms with van der Waals surface area (Å²) in [5, 5.41) is 0. The Morgan fingerprint density at radius 1 is 0.714 bits per heavy atom. The Balaban J connectivity index is -0.000000605. The number of hydrogen-bond donors (Lipinski definition) is 6. The minimum atomic E-state index is -4.00. The SMILES string of the molecule is N.N.O=P(O)(O)CCCCP(=O)(O)O. The van der Waals surface area contributed by atoms with Gasteiger partial charge in [0.25, 0.3) is 0 Å². The Morgan fingerprint density at radius 2 is 0.929 bits per heavy atom. The predicted octanol–water partition coefficient (Wildman–Crippen LogP) is 0.446. The van der Waals surface area contributed by atoms with Crippen molar-refractivity contribution in [1.82, 2.24) is 12.3 Å². The predicted molar refractivity (Wildman–Crippen MR) is 53.1 cm³/mol. The fourth-order valence-corrected chi connectivity index (χ4v) is 1.91. The van der Waals surface area contributed by atoms with Crippen molar-refractivity contribution in [2.45, 2.75) is 12.8 Å². The van der Waals surface area contributed by atoms with E-state index in [9.17, 15) is 9.13 Å². The van der Waals surface area contributed by atoms with E-state index in [1.807, 2.05) is 0 Å². The second-order valence-electron chi connectivity index (χ2n) is 2.48. The molecule has 0 aliphatic rings. The summed E-state index contributed by atoms with van der Waals surface area (Å²) in [5.41, 5.74) is 0. The zero-order chi connectivity index (χ0) is 9.83. The highest BCUT2D eigenvalue weighted by Crippen LogP contribution is 2.38. The topological polar surface area (TPSA) is 185 Å². The van der Waals surface area contributed by atoms with E-state index in [1.54, 1.807) is 0 Å². The monoisotopic (exact) mass is 252 g/mol. The van der Waals surface area contributed by atoms with Crippen LogP contribution in [0.4, 0.5) is 0 Å². The molecule has 0 amide bonds. The van der Waals surface area contributed by atoms with E-state index in [4.69, 9.17) is 19.6 Å². The number of rotatable bonds is 5. The molecule has 8 nitrogen and oxygen atoms in total. The molecular formula is C4H18N2O6P2. The van der Waals surface area contributed by atoms with Gasteiger partial charge < -0.3 is 31.9 Å². The summed E-state index contributed by atoms with van der Waals surface area (Å²) >= 11 is 0. The van der Waals surface area contributed by atoms with E-state index in [-0.39, 0.29) is 37.5 Å². The third kappa shape index (κ3) is 18.1. The molecule has 0 fully saturated rings. The van der Waals surface area contributed by atoms with Gasteiger partial charge in [-0.2, -0.15) is 0 Å². The van der Waals surface area contributed by atoms with Crippen LogP contribution in [0.1, 0.15) is 12.8 Å². The van der Waals surface area contributed by atoms with Gasteiger partial charge in [-0.05, 0) is 12.8 Å². The largest absolute Gasteiger partial charge is 0.344 e. The van der Waals surface area contributed by atoms with Gasteiger partial charge in [-0.3, -0.25) is 9.13 Å². The Hall–Kier alpha value is 0.220. The number of unbranched alkanes of at least 4 members (excludes halogenated alkanes) is 1. The molecule has 0 saturated carbocycles. The molecule has 0 heterocycles. The van der Waals surface area contributed by atoms with Gasteiger partial charge in [-0.15, -0.1) is 0 Å². The van der Waals surface area contributed by atoms with Crippen LogP contribution in [-0.4, -0.2) is 31.9 Å². The molecule has 0 unspecified atom stereocenters. The lowest BCUT2D eigenvalue weighted by Crippen LogP contribution is -1.92. The van der Waals surface area contributed by atoms with Crippen LogP contribution in [0.5, 0.6) is 0 Å². The van der Waals surface area contributed by atoms with Gasteiger partial charge in [0.2, 0.25) is 0 Å². The molecule has 0 aromatic heterocycles. The van der Waals surface area contributed by atoms with Crippen LogP contribution in [0.15, 0.2) is 0 Å². The van der Waals surface area contributed by atoms with Crippen molar-refractivity contribution < 1.29 is 28.7 Å². The van der Waals surface area contributed by atoms with Crippen molar-refractivity contribution in [2.24, 2.45) is 0 Å². The molecule has 0 aromatic rings. The first-order valence-corrected chi connectivity index (χ1v) is 6.89. The molecule has 10 N–H and O–H groups in total. The molecule has 0 atom stereocenters. The van der Waals surface area contributed by atoms with Crippen molar-refractivity contribution >= 4 is 15.2 Å². The normalized spacial score (nSPS) is 11.4. The molecule has 0 saturated heterocycles. The second kappa shape index (κ2) is 7.50. The first kappa shape index (κ1) is 19.7. The maximum absolute atomic E-state index is 10.3. The zero-order valence-corrected chi connectivity index (χ0v) is 9.53. The van der Waals surface area contributed by atoms with Crippen LogP contribution < -0.4 is 12.3 Å². The third-order valence-corrected chi connectivity index (χ3v) is 2.95. The highest BCUT2D eigenvalue weighted by Gasteiger charge is 2.15. The van der Waals surface area contributed by atoms with Crippen molar-refractivity contribution in [3.63, 3.8) is 0 Å². The van der Waals surface area contributed by atoms with Crippen molar-refractivity contribution in [2.75, 3.05) is 12.3 Å². The van der Waals surface area contributed by atoms with Gasteiger partial charge in [0.15, 0.2) is 0 Å². The molecule has 14 heavy (non-hydrogen) atoms. The van der Waals surface area contributed by atoms with Gasteiger partial charge in [0.1, 0.15) is 0 Å². The molecular weight excluding hydrogens is 234 g/mol.